The fourth-order valence-corrected chi connectivity index (χ4v) is 3.14. The molecule has 3 rings (SSSR count). The topological polar surface area (TPSA) is 47.8 Å². The van der Waals surface area contributed by atoms with Gasteiger partial charge in [0.25, 0.3) is 12.0 Å². The summed E-state index contributed by atoms with van der Waals surface area (Å²) in [6.07, 6.45) is 1.34. The van der Waals surface area contributed by atoms with E-state index in [1.807, 2.05) is 0 Å². The van der Waals surface area contributed by atoms with Gasteiger partial charge in [-0.1, -0.05) is 35.5 Å². The van der Waals surface area contributed by atoms with Crippen LogP contribution in [0.15, 0.2) is 40.5 Å². The Morgan fingerprint density at radius 1 is 1.33 bits per heavy atom. The van der Waals surface area contributed by atoms with Crippen LogP contribution in [0, 0.1) is 6.92 Å². The van der Waals surface area contributed by atoms with E-state index in [0.717, 1.165) is 10.8 Å². The van der Waals surface area contributed by atoms with Gasteiger partial charge in [-0.25, -0.2) is 18.7 Å². The number of aryl methyl sites for hydroxylation is 1. The number of aromatic nitrogens is 3. The van der Waals surface area contributed by atoms with Gasteiger partial charge in [-0.2, -0.15) is 0 Å². The molecule has 0 saturated carbocycles. The molecule has 0 atom stereocenters. The van der Waals surface area contributed by atoms with Gasteiger partial charge in [0.15, 0.2) is 5.16 Å². The zero-order valence-electron chi connectivity index (χ0n) is 12.8. The van der Waals surface area contributed by atoms with Crippen molar-refractivity contribution in [1.82, 2.24) is 14.5 Å². The first-order valence-corrected chi connectivity index (χ1v) is 8.54. The van der Waals surface area contributed by atoms with Crippen LogP contribution in [0.3, 0.4) is 0 Å². The van der Waals surface area contributed by atoms with Gasteiger partial charge in [0.2, 0.25) is 0 Å². The summed E-state index contributed by atoms with van der Waals surface area (Å²) in [4.78, 5) is 20.9. The number of para-hydroxylation sites is 1. The number of rotatable bonds is 3. The second kappa shape index (κ2) is 6.49. The van der Waals surface area contributed by atoms with Gasteiger partial charge < -0.3 is 0 Å². The third-order valence-corrected chi connectivity index (χ3v) is 4.47. The van der Waals surface area contributed by atoms with E-state index in [-0.39, 0.29) is 16.5 Å². The summed E-state index contributed by atoms with van der Waals surface area (Å²) in [5.41, 5.74) is 0.225. The van der Waals surface area contributed by atoms with Crippen molar-refractivity contribution in [3.8, 4) is 5.69 Å². The molecule has 0 bridgehead atoms. The largest absolute Gasteiger partial charge is 0.281 e. The van der Waals surface area contributed by atoms with Crippen LogP contribution in [0.2, 0.25) is 5.02 Å². The number of fused-ring (bicyclic) bond motifs is 1. The van der Waals surface area contributed by atoms with E-state index in [0.29, 0.717) is 21.4 Å². The highest BCUT2D eigenvalue weighted by molar-refractivity contribution is 7.98. The summed E-state index contributed by atoms with van der Waals surface area (Å²) < 4.78 is 28.2. The number of alkyl halides is 2. The number of thioether (sulfide) groups is 1. The van der Waals surface area contributed by atoms with Gasteiger partial charge in [0.05, 0.1) is 27.2 Å². The molecule has 4 nitrogen and oxygen atoms in total. The molecule has 0 saturated heterocycles. The maximum Gasteiger partial charge on any atom is 0.267 e. The lowest BCUT2D eigenvalue weighted by atomic mass is 10.1. The smallest absolute Gasteiger partial charge is 0.267 e. The van der Waals surface area contributed by atoms with Gasteiger partial charge in [-0.15, -0.1) is 0 Å². The monoisotopic (exact) mass is 367 g/mol. The third-order valence-electron chi connectivity index (χ3n) is 3.60. The Morgan fingerprint density at radius 2 is 2.08 bits per heavy atom. The molecule has 0 amide bonds. The van der Waals surface area contributed by atoms with Gasteiger partial charge in [0, 0.05) is 12.4 Å². The lowest BCUT2D eigenvalue weighted by Crippen LogP contribution is -2.21. The lowest BCUT2D eigenvalue weighted by molar-refractivity contribution is 0.152. The Kier molecular flexibility index (Phi) is 4.56. The third kappa shape index (κ3) is 2.78. The summed E-state index contributed by atoms with van der Waals surface area (Å²) in [6.45, 7) is 1.76. The van der Waals surface area contributed by atoms with Crippen molar-refractivity contribution < 1.29 is 8.78 Å². The Morgan fingerprint density at radius 3 is 2.71 bits per heavy atom. The average Bonchev–Trinajstić information content (AvgIpc) is 2.55. The number of hydrogen-bond acceptors (Lipinski definition) is 4. The SMILES string of the molecule is CSc1ncc2c(=O)n(-c3c(C)cccc3Cl)cc(C(F)F)c2n1. The first kappa shape index (κ1) is 16.9. The Hall–Kier alpha value is -1.99. The summed E-state index contributed by atoms with van der Waals surface area (Å²) in [5, 5.41) is 0.665. The van der Waals surface area contributed by atoms with Crippen LogP contribution in [0.25, 0.3) is 16.6 Å². The number of benzene rings is 1. The molecule has 1 aromatic carbocycles. The molecule has 0 fully saturated rings. The summed E-state index contributed by atoms with van der Waals surface area (Å²) >= 11 is 7.40. The number of hydrogen-bond donors (Lipinski definition) is 0. The number of pyridine rings is 1. The first-order valence-electron chi connectivity index (χ1n) is 6.94. The van der Waals surface area contributed by atoms with Crippen molar-refractivity contribution in [3.05, 3.63) is 57.1 Å². The van der Waals surface area contributed by atoms with E-state index in [4.69, 9.17) is 11.6 Å². The molecular formula is C16H12ClF2N3OS. The minimum absolute atomic E-state index is 0.0321. The minimum Gasteiger partial charge on any atom is -0.281 e. The second-order valence-electron chi connectivity index (χ2n) is 5.08. The van der Waals surface area contributed by atoms with Gasteiger partial charge >= 0.3 is 0 Å². The van der Waals surface area contributed by atoms with Gasteiger partial charge in [-0.05, 0) is 24.8 Å². The first-order chi connectivity index (χ1) is 11.4. The molecule has 0 radical (unpaired) electrons. The van der Waals surface area contributed by atoms with Crippen LogP contribution in [0.5, 0.6) is 0 Å². The zero-order valence-corrected chi connectivity index (χ0v) is 14.3. The zero-order chi connectivity index (χ0) is 17.4. The van der Waals surface area contributed by atoms with Gasteiger partial charge in [-0.3, -0.25) is 9.36 Å². The Bertz CT molecular complexity index is 971. The van der Waals surface area contributed by atoms with Crippen molar-refractivity contribution in [2.24, 2.45) is 0 Å². The summed E-state index contributed by atoms with van der Waals surface area (Å²) in [7, 11) is 0. The molecule has 0 aliphatic rings. The minimum atomic E-state index is -2.79. The second-order valence-corrected chi connectivity index (χ2v) is 6.27. The molecule has 0 aliphatic carbocycles. The molecule has 124 valence electrons. The highest BCUT2D eigenvalue weighted by Crippen LogP contribution is 2.29. The molecule has 2 aromatic heterocycles. The van der Waals surface area contributed by atoms with E-state index < -0.39 is 12.0 Å². The summed E-state index contributed by atoms with van der Waals surface area (Å²) in [5.74, 6) is 0. The molecule has 2 heterocycles. The number of halogens is 3. The molecule has 0 unspecified atom stereocenters. The Balaban J connectivity index is 2.43. The fourth-order valence-electron chi connectivity index (χ4n) is 2.48. The van der Waals surface area contributed by atoms with Crippen molar-refractivity contribution in [2.75, 3.05) is 6.26 Å². The van der Waals surface area contributed by atoms with Crippen LogP contribution in [-0.4, -0.2) is 20.8 Å². The summed E-state index contributed by atoms with van der Waals surface area (Å²) in [6, 6.07) is 5.10. The highest BCUT2D eigenvalue weighted by atomic mass is 35.5. The van der Waals surface area contributed by atoms with Crippen molar-refractivity contribution >= 4 is 34.3 Å². The molecule has 3 aromatic rings. The molecule has 24 heavy (non-hydrogen) atoms. The van der Waals surface area contributed by atoms with Crippen molar-refractivity contribution in [3.63, 3.8) is 0 Å². The number of nitrogens with zero attached hydrogens (tertiary/aromatic N) is 3. The van der Waals surface area contributed by atoms with E-state index in [9.17, 15) is 13.6 Å². The van der Waals surface area contributed by atoms with E-state index in [2.05, 4.69) is 9.97 Å². The maximum absolute atomic E-state index is 13.5. The van der Waals surface area contributed by atoms with E-state index in [1.54, 1.807) is 31.4 Å². The van der Waals surface area contributed by atoms with Gasteiger partial charge in [0.1, 0.15) is 0 Å². The molecule has 0 spiro atoms. The van der Waals surface area contributed by atoms with Crippen LogP contribution in [-0.2, 0) is 0 Å². The maximum atomic E-state index is 13.5. The van der Waals surface area contributed by atoms with E-state index in [1.165, 1.54) is 18.0 Å². The highest BCUT2D eigenvalue weighted by Gasteiger charge is 2.20. The molecule has 8 heteroatoms. The van der Waals surface area contributed by atoms with Crippen LogP contribution < -0.4 is 5.56 Å². The van der Waals surface area contributed by atoms with Crippen LogP contribution >= 0.6 is 23.4 Å². The quantitative estimate of drug-likeness (QED) is 0.508. The molecular weight excluding hydrogens is 356 g/mol. The predicted molar refractivity (Wildman–Crippen MR) is 91.6 cm³/mol. The van der Waals surface area contributed by atoms with Crippen molar-refractivity contribution in [2.45, 2.75) is 18.5 Å². The van der Waals surface area contributed by atoms with E-state index >= 15 is 0 Å². The normalized spacial score (nSPS) is 11.4. The van der Waals surface area contributed by atoms with Crippen molar-refractivity contribution in [1.29, 1.82) is 0 Å². The predicted octanol–water partition coefficient (Wildman–Crippen LogP) is 4.40. The van der Waals surface area contributed by atoms with Crippen LogP contribution in [0.4, 0.5) is 8.78 Å². The fraction of sp³-hybridized carbons (Fsp3) is 0.188. The average molecular weight is 368 g/mol. The lowest BCUT2D eigenvalue weighted by Gasteiger charge is -2.14. The molecule has 0 aliphatic heterocycles. The Labute approximate surface area is 145 Å². The molecule has 0 N–H and O–H groups in total. The van der Waals surface area contributed by atoms with Crippen LogP contribution in [0.1, 0.15) is 17.6 Å². The standard InChI is InChI=1S/C16H12ClF2N3OS/c1-8-4-3-5-11(17)13(8)22-7-10(14(18)19)12-9(15(22)23)6-20-16(21-12)24-2/h3-7,14H,1-2H3.